The van der Waals surface area contributed by atoms with Crippen molar-refractivity contribution in [2.24, 2.45) is 5.92 Å². The van der Waals surface area contributed by atoms with Crippen LogP contribution in [0.5, 0.6) is 0 Å². The second kappa shape index (κ2) is 5.67. The van der Waals surface area contributed by atoms with E-state index in [0.717, 1.165) is 36.7 Å². The molecule has 1 heterocycles. The molecule has 2 unspecified atom stereocenters. The van der Waals surface area contributed by atoms with Crippen LogP contribution >= 0.6 is 0 Å². The Hall–Kier alpha value is -1.81. The van der Waals surface area contributed by atoms with Gasteiger partial charge in [-0.3, -0.25) is 4.79 Å². The van der Waals surface area contributed by atoms with E-state index in [4.69, 9.17) is 4.42 Å². The maximum atomic E-state index is 12.4. The van der Waals surface area contributed by atoms with Crippen LogP contribution in [0.15, 0.2) is 34.9 Å². The summed E-state index contributed by atoms with van der Waals surface area (Å²) in [6, 6.07) is 7.58. The number of carbonyl (C=O) groups excluding carboxylic acids is 1. The molecule has 1 aromatic heterocycles. The maximum Gasteiger partial charge on any atom is 0.255 e. The van der Waals surface area contributed by atoms with E-state index in [-0.39, 0.29) is 24.5 Å². The number of amides is 1. The summed E-state index contributed by atoms with van der Waals surface area (Å²) in [4.78, 5) is 12.4. The lowest BCUT2D eigenvalue weighted by Crippen LogP contribution is -2.43. The summed E-state index contributed by atoms with van der Waals surface area (Å²) < 4.78 is 5.40. The maximum absolute atomic E-state index is 12.4. The van der Waals surface area contributed by atoms with Crippen molar-refractivity contribution in [3.63, 3.8) is 0 Å². The second-order valence-electron chi connectivity index (χ2n) is 5.45. The monoisotopic (exact) mass is 273 g/mol. The summed E-state index contributed by atoms with van der Waals surface area (Å²) >= 11 is 0. The summed E-state index contributed by atoms with van der Waals surface area (Å²) in [6.45, 7) is 0.136. The molecule has 1 fully saturated rings. The van der Waals surface area contributed by atoms with Crippen LogP contribution in [0.2, 0.25) is 0 Å². The number of fused-ring (bicyclic) bond motifs is 1. The normalized spacial score (nSPS) is 22.9. The van der Waals surface area contributed by atoms with Crippen molar-refractivity contribution in [3.05, 3.63) is 36.1 Å². The number of carbonyl (C=O) groups is 1. The summed E-state index contributed by atoms with van der Waals surface area (Å²) in [5.74, 6) is 0.0613. The van der Waals surface area contributed by atoms with E-state index in [1.807, 2.05) is 24.3 Å². The molecule has 1 aliphatic carbocycles. The SMILES string of the molecule is O=C(NC1CCCCC1CO)c1coc2ccccc12. The molecule has 20 heavy (non-hydrogen) atoms. The lowest BCUT2D eigenvalue weighted by atomic mass is 9.85. The zero-order chi connectivity index (χ0) is 13.9. The fourth-order valence-corrected chi connectivity index (χ4v) is 3.02. The Morgan fingerprint density at radius 2 is 2.10 bits per heavy atom. The number of rotatable bonds is 3. The van der Waals surface area contributed by atoms with Gasteiger partial charge < -0.3 is 14.8 Å². The first-order chi connectivity index (χ1) is 9.79. The molecule has 0 bridgehead atoms. The average Bonchev–Trinajstić information content (AvgIpc) is 2.92. The predicted molar refractivity (Wildman–Crippen MR) is 76.5 cm³/mol. The van der Waals surface area contributed by atoms with Gasteiger partial charge in [-0.05, 0) is 18.9 Å². The molecule has 4 nitrogen and oxygen atoms in total. The lowest BCUT2D eigenvalue weighted by Gasteiger charge is -2.30. The highest BCUT2D eigenvalue weighted by Gasteiger charge is 2.27. The van der Waals surface area contributed by atoms with Crippen molar-refractivity contribution in [2.75, 3.05) is 6.61 Å². The van der Waals surface area contributed by atoms with Gasteiger partial charge in [0.15, 0.2) is 0 Å². The van der Waals surface area contributed by atoms with E-state index < -0.39 is 0 Å². The molecule has 4 heteroatoms. The Morgan fingerprint density at radius 1 is 1.30 bits per heavy atom. The number of aliphatic hydroxyl groups excluding tert-OH is 1. The number of aliphatic hydroxyl groups is 1. The minimum absolute atomic E-state index is 0.0647. The fourth-order valence-electron chi connectivity index (χ4n) is 3.02. The van der Waals surface area contributed by atoms with Crippen LogP contribution in [0, 0.1) is 5.92 Å². The van der Waals surface area contributed by atoms with Crippen molar-refractivity contribution >= 4 is 16.9 Å². The zero-order valence-corrected chi connectivity index (χ0v) is 11.3. The Balaban J connectivity index is 1.78. The van der Waals surface area contributed by atoms with Crippen molar-refractivity contribution in [3.8, 4) is 0 Å². The number of hydrogen-bond donors (Lipinski definition) is 2. The van der Waals surface area contributed by atoms with Crippen molar-refractivity contribution in [2.45, 2.75) is 31.7 Å². The number of para-hydroxylation sites is 1. The van der Waals surface area contributed by atoms with Crippen LogP contribution in [0.25, 0.3) is 11.0 Å². The fraction of sp³-hybridized carbons (Fsp3) is 0.438. The summed E-state index contributed by atoms with van der Waals surface area (Å²) in [5, 5.41) is 13.3. The first-order valence-corrected chi connectivity index (χ1v) is 7.17. The van der Waals surface area contributed by atoms with Gasteiger partial charge in [0.1, 0.15) is 11.8 Å². The largest absolute Gasteiger partial charge is 0.463 e. The highest BCUT2D eigenvalue weighted by molar-refractivity contribution is 6.05. The molecule has 106 valence electrons. The Morgan fingerprint density at radius 3 is 2.95 bits per heavy atom. The molecule has 0 aliphatic heterocycles. The minimum atomic E-state index is -0.111. The molecular weight excluding hydrogens is 254 g/mol. The molecule has 3 rings (SSSR count). The van der Waals surface area contributed by atoms with E-state index in [2.05, 4.69) is 5.32 Å². The van der Waals surface area contributed by atoms with Crippen molar-refractivity contribution in [1.29, 1.82) is 0 Å². The molecule has 0 saturated heterocycles. The van der Waals surface area contributed by atoms with Crippen molar-refractivity contribution < 1.29 is 14.3 Å². The quantitative estimate of drug-likeness (QED) is 0.903. The van der Waals surface area contributed by atoms with Gasteiger partial charge >= 0.3 is 0 Å². The van der Waals surface area contributed by atoms with Gasteiger partial charge in [-0.15, -0.1) is 0 Å². The zero-order valence-electron chi connectivity index (χ0n) is 11.3. The minimum Gasteiger partial charge on any atom is -0.463 e. The number of hydrogen-bond acceptors (Lipinski definition) is 3. The molecule has 0 spiro atoms. The highest BCUT2D eigenvalue weighted by Crippen LogP contribution is 2.25. The van der Waals surface area contributed by atoms with Gasteiger partial charge in [-0.2, -0.15) is 0 Å². The van der Waals surface area contributed by atoms with Crippen LogP contribution in [0.4, 0.5) is 0 Å². The third-order valence-corrected chi connectivity index (χ3v) is 4.19. The molecule has 0 radical (unpaired) electrons. The molecule has 1 saturated carbocycles. The number of nitrogens with one attached hydrogen (secondary N) is 1. The van der Waals surface area contributed by atoms with Crippen molar-refractivity contribution in [1.82, 2.24) is 5.32 Å². The summed E-state index contributed by atoms with van der Waals surface area (Å²) in [7, 11) is 0. The molecule has 2 N–H and O–H groups in total. The molecule has 1 aromatic carbocycles. The molecule has 1 aliphatic rings. The van der Waals surface area contributed by atoms with Gasteiger partial charge in [0.05, 0.1) is 5.56 Å². The van der Waals surface area contributed by atoms with Crippen LogP contribution < -0.4 is 5.32 Å². The standard InChI is InChI=1S/C16H19NO3/c18-9-11-5-1-3-7-14(11)17-16(19)13-10-20-15-8-4-2-6-12(13)15/h2,4,6,8,10-11,14,18H,1,3,5,7,9H2,(H,17,19). The first-order valence-electron chi connectivity index (χ1n) is 7.17. The summed E-state index contributed by atoms with van der Waals surface area (Å²) in [6.07, 6.45) is 5.66. The van der Waals surface area contributed by atoms with E-state index in [1.54, 1.807) is 0 Å². The Kier molecular flexibility index (Phi) is 3.74. The first kappa shape index (κ1) is 13.2. The van der Waals surface area contributed by atoms with Gasteiger partial charge in [0.25, 0.3) is 5.91 Å². The Labute approximate surface area is 117 Å². The topological polar surface area (TPSA) is 62.5 Å². The number of furan rings is 1. The van der Waals surface area contributed by atoms with E-state index in [0.29, 0.717) is 5.56 Å². The van der Waals surface area contributed by atoms with Crippen LogP contribution in [-0.4, -0.2) is 23.7 Å². The third-order valence-electron chi connectivity index (χ3n) is 4.19. The third kappa shape index (κ3) is 2.43. The summed E-state index contributed by atoms with van der Waals surface area (Å²) in [5.41, 5.74) is 1.29. The molecule has 1 amide bonds. The number of benzene rings is 1. The Bertz CT molecular complexity index is 605. The van der Waals surface area contributed by atoms with Gasteiger partial charge in [0, 0.05) is 24.0 Å². The average molecular weight is 273 g/mol. The van der Waals surface area contributed by atoms with E-state index >= 15 is 0 Å². The highest BCUT2D eigenvalue weighted by atomic mass is 16.3. The van der Waals surface area contributed by atoms with Crippen LogP contribution in [-0.2, 0) is 0 Å². The lowest BCUT2D eigenvalue weighted by molar-refractivity contribution is 0.0873. The van der Waals surface area contributed by atoms with Gasteiger partial charge in [-0.25, -0.2) is 0 Å². The van der Waals surface area contributed by atoms with Gasteiger partial charge in [0.2, 0.25) is 0 Å². The second-order valence-corrected chi connectivity index (χ2v) is 5.45. The molecule has 2 aromatic rings. The molecule has 2 atom stereocenters. The van der Waals surface area contributed by atoms with Gasteiger partial charge in [-0.1, -0.05) is 31.0 Å². The van der Waals surface area contributed by atoms with Crippen LogP contribution in [0.3, 0.4) is 0 Å². The predicted octanol–water partition coefficient (Wildman–Crippen LogP) is 2.71. The van der Waals surface area contributed by atoms with Crippen LogP contribution in [0.1, 0.15) is 36.0 Å². The smallest absolute Gasteiger partial charge is 0.255 e. The van der Waals surface area contributed by atoms with E-state index in [9.17, 15) is 9.90 Å². The molecular formula is C16H19NO3. The van der Waals surface area contributed by atoms with E-state index in [1.165, 1.54) is 6.26 Å².